The number of amides is 2. The summed E-state index contributed by atoms with van der Waals surface area (Å²) in [5, 5.41) is 14.1. The van der Waals surface area contributed by atoms with E-state index in [2.05, 4.69) is 20.9 Å². The smallest absolute Gasteiger partial charge is 0.278 e. The Morgan fingerprint density at radius 1 is 0.966 bits per heavy atom. The van der Waals surface area contributed by atoms with Crippen LogP contribution in [0.3, 0.4) is 0 Å². The minimum absolute atomic E-state index is 0.0459. The number of carbonyl (C=O) groups is 2. The van der Waals surface area contributed by atoms with Gasteiger partial charge in [0.05, 0.1) is 5.69 Å². The zero-order chi connectivity index (χ0) is 21.1. The zero-order valence-electron chi connectivity index (χ0n) is 16.7. The van der Waals surface area contributed by atoms with Crippen molar-refractivity contribution < 1.29 is 9.59 Å². The lowest BCUT2D eigenvalue weighted by Gasteiger charge is -2.11. The van der Waals surface area contributed by atoms with Crippen molar-refractivity contribution in [2.24, 2.45) is 0 Å². The highest BCUT2D eigenvalue weighted by molar-refractivity contribution is 6.31. The van der Waals surface area contributed by atoms with E-state index in [9.17, 15) is 9.59 Å². The molecule has 0 bridgehead atoms. The van der Waals surface area contributed by atoms with E-state index in [1.54, 1.807) is 25.1 Å². The Balaban J connectivity index is 1.71. The lowest BCUT2D eigenvalue weighted by Crippen LogP contribution is -2.21. The van der Waals surface area contributed by atoms with Gasteiger partial charge in [-0.2, -0.15) is 0 Å². The third-order valence-corrected chi connectivity index (χ3v) is 5.30. The average Bonchev–Trinajstić information content (AvgIpc) is 3.03. The molecule has 2 aromatic carbocycles. The van der Waals surface area contributed by atoms with Gasteiger partial charge >= 0.3 is 0 Å². The quantitative estimate of drug-likeness (QED) is 0.662. The molecule has 0 spiro atoms. The van der Waals surface area contributed by atoms with Crippen molar-refractivity contribution in [3.8, 4) is 0 Å². The first kappa shape index (κ1) is 20.5. The molecule has 0 aliphatic heterocycles. The molecule has 8 heteroatoms. The normalized spacial score (nSPS) is 10.7. The molecule has 150 valence electrons. The Labute approximate surface area is 174 Å². The summed E-state index contributed by atoms with van der Waals surface area (Å²) in [6, 6.07) is 11.0. The highest BCUT2D eigenvalue weighted by Crippen LogP contribution is 2.23. The van der Waals surface area contributed by atoms with Gasteiger partial charge in [-0.25, -0.2) is 4.68 Å². The van der Waals surface area contributed by atoms with Crippen LogP contribution in [0.2, 0.25) is 5.02 Å². The fourth-order valence-corrected chi connectivity index (χ4v) is 3.03. The number of hydrogen-bond acceptors (Lipinski definition) is 4. The summed E-state index contributed by atoms with van der Waals surface area (Å²) in [5.74, 6) is -0.654. The fraction of sp³-hybridized carbons (Fsp3) is 0.238. The van der Waals surface area contributed by atoms with Gasteiger partial charge in [-0.05, 0) is 62.6 Å². The number of hydrogen-bond donors (Lipinski definition) is 2. The molecule has 1 heterocycles. The van der Waals surface area contributed by atoms with Gasteiger partial charge in [-0.1, -0.05) is 35.0 Å². The number of carbonyl (C=O) groups excluding carboxylic acids is 2. The number of nitrogens with one attached hydrogen (secondary N) is 2. The van der Waals surface area contributed by atoms with Gasteiger partial charge in [0.2, 0.25) is 5.91 Å². The SMILES string of the molecule is Cc1cccc(NC(=O)Cn2nnc(C(=O)Nc3cccc(Cl)c3C)c2C)c1C. The molecule has 2 N–H and O–H groups in total. The number of benzene rings is 2. The summed E-state index contributed by atoms with van der Waals surface area (Å²) >= 11 is 6.10. The molecule has 7 nitrogen and oxygen atoms in total. The first-order valence-corrected chi connectivity index (χ1v) is 9.48. The second-order valence-corrected chi connectivity index (χ2v) is 7.25. The molecule has 0 saturated carbocycles. The molecule has 29 heavy (non-hydrogen) atoms. The molecule has 0 unspecified atom stereocenters. The second kappa shape index (κ2) is 8.45. The van der Waals surface area contributed by atoms with Crippen molar-refractivity contribution in [3.63, 3.8) is 0 Å². The van der Waals surface area contributed by atoms with Gasteiger partial charge in [-0.15, -0.1) is 5.10 Å². The maximum Gasteiger partial charge on any atom is 0.278 e. The Morgan fingerprint density at radius 3 is 2.34 bits per heavy atom. The van der Waals surface area contributed by atoms with Crippen LogP contribution in [-0.2, 0) is 11.3 Å². The van der Waals surface area contributed by atoms with Crippen LogP contribution in [0, 0.1) is 27.7 Å². The van der Waals surface area contributed by atoms with Crippen LogP contribution in [0.25, 0.3) is 0 Å². The van der Waals surface area contributed by atoms with Crippen LogP contribution >= 0.6 is 11.6 Å². The minimum atomic E-state index is -0.408. The monoisotopic (exact) mass is 411 g/mol. The molecule has 1 aromatic heterocycles. The summed E-state index contributed by atoms with van der Waals surface area (Å²) in [4.78, 5) is 25.0. The van der Waals surface area contributed by atoms with Gasteiger partial charge in [-0.3, -0.25) is 9.59 Å². The lowest BCUT2D eigenvalue weighted by molar-refractivity contribution is -0.117. The summed E-state index contributed by atoms with van der Waals surface area (Å²) in [6.45, 7) is 7.41. The van der Waals surface area contributed by atoms with Crippen molar-refractivity contribution in [2.45, 2.75) is 34.2 Å². The molecular formula is C21H22ClN5O2. The lowest BCUT2D eigenvalue weighted by atomic mass is 10.1. The highest BCUT2D eigenvalue weighted by Gasteiger charge is 2.19. The molecule has 2 amide bonds. The Kier molecular flexibility index (Phi) is 5.98. The first-order chi connectivity index (χ1) is 13.8. The van der Waals surface area contributed by atoms with Gasteiger partial charge < -0.3 is 10.6 Å². The summed E-state index contributed by atoms with van der Waals surface area (Å²) in [5.41, 5.74) is 4.87. The Hall–Kier alpha value is -3.19. The largest absolute Gasteiger partial charge is 0.324 e. The highest BCUT2D eigenvalue weighted by atomic mass is 35.5. The van der Waals surface area contributed by atoms with Gasteiger partial charge in [0.15, 0.2) is 5.69 Å². The van der Waals surface area contributed by atoms with Crippen LogP contribution in [0.1, 0.15) is 32.9 Å². The van der Waals surface area contributed by atoms with Crippen molar-refractivity contribution in [3.05, 3.63) is 69.5 Å². The number of aryl methyl sites for hydroxylation is 1. The zero-order valence-corrected chi connectivity index (χ0v) is 17.5. The second-order valence-electron chi connectivity index (χ2n) is 6.84. The average molecular weight is 412 g/mol. The topological polar surface area (TPSA) is 88.9 Å². The first-order valence-electron chi connectivity index (χ1n) is 9.10. The van der Waals surface area contributed by atoms with E-state index in [1.165, 1.54) is 4.68 Å². The number of halogens is 1. The van der Waals surface area contributed by atoms with E-state index >= 15 is 0 Å². The predicted molar refractivity (Wildman–Crippen MR) is 113 cm³/mol. The van der Waals surface area contributed by atoms with Crippen molar-refractivity contribution in [1.82, 2.24) is 15.0 Å². The molecule has 0 aliphatic rings. The molecule has 0 fully saturated rings. The standard InChI is InChI=1S/C21H22ClN5O2/c1-12-7-5-9-17(13(12)2)23-19(28)11-27-15(4)20(25-26-27)21(29)24-18-10-6-8-16(22)14(18)3/h5-10H,11H2,1-4H3,(H,23,28)(H,24,29). The van der Waals surface area contributed by atoms with E-state index in [4.69, 9.17) is 11.6 Å². The number of anilines is 2. The van der Waals surface area contributed by atoms with Crippen LogP contribution in [0.4, 0.5) is 11.4 Å². The van der Waals surface area contributed by atoms with Crippen molar-refractivity contribution >= 4 is 34.8 Å². The maximum absolute atomic E-state index is 12.6. The predicted octanol–water partition coefficient (Wildman–Crippen LogP) is 4.06. The molecule has 0 radical (unpaired) electrons. The third kappa shape index (κ3) is 4.46. The van der Waals surface area contributed by atoms with E-state index in [0.29, 0.717) is 16.4 Å². The van der Waals surface area contributed by atoms with Crippen LogP contribution in [0.15, 0.2) is 36.4 Å². The number of rotatable bonds is 5. The van der Waals surface area contributed by atoms with E-state index in [1.807, 2.05) is 39.0 Å². The van der Waals surface area contributed by atoms with Crippen LogP contribution < -0.4 is 10.6 Å². The molecule has 0 aliphatic carbocycles. The van der Waals surface area contributed by atoms with Gasteiger partial charge in [0.25, 0.3) is 5.91 Å². The van der Waals surface area contributed by atoms with Crippen LogP contribution in [0.5, 0.6) is 0 Å². The Morgan fingerprint density at radius 2 is 1.62 bits per heavy atom. The minimum Gasteiger partial charge on any atom is -0.324 e. The van der Waals surface area contributed by atoms with E-state index in [-0.39, 0.29) is 18.1 Å². The summed E-state index contributed by atoms with van der Waals surface area (Å²) in [6.07, 6.45) is 0. The molecule has 3 rings (SSSR count). The third-order valence-electron chi connectivity index (χ3n) is 4.89. The molecule has 3 aromatic rings. The summed E-state index contributed by atoms with van der Waals surface area (Å²) < 4.78 is 1.40. The van der Waals surface area contributed by atoms with Gasteiger partial charge in [0.1, 0.15) is 6.54 Å². The molecular weight excluding hydrogens is 390 g/mol. The maximum atomic E-state index is 12.6. The number of aromatic nitrogens is 3. The van der Waals surface area contributed by atoms with Crippen molar-refractivity contribution in [1.29, 1.82) is 0 Å². The van der Waals surface area contributed by atoms with Gasteiger partial charge in [0, 0.05) is 16.4 Å². The summed E-state index contributed by atoms with van der Waals surface area (Å²) in [7, 11) is 0. The number of nitrogens with zero attached hydrogens (tertiary/aromatic N) is 3. The van der Waals surface area contributed by atoms with E-state index in [0.717, 1.165) is 22.4 Å². The molecule has 0 atom stereocenters. The Bertz CT molecular complexity index is 1090. The fourth-order valence-electron chi connectivity index (χ4n) is 2.86. The molecule has 0 saturated heterocycles. The van der Waals surface area contributed by atoms with Crippen LogP contribution in [-0.4, -0.2) is 26.8 Å². The van der Waals surface area contributed by atoms with E-state index < -0.39 is 5.91 Å². The van der Waals surface area contributed by atoms with Crippen molar-refractivity contribution in [2.75, 3.05) is 10.6 Å².